The lowest BCUT2D eigenvalue weighted by atomic mass is 10.0. The molecule has 0 unspecified atom stereocenters. The van der Waals surface area contributed by atoms with Crippen molar-refractivity contribution < 1.29 is 9.90 Å². The Hall–Kier alpha value is -1.49. The van der Waals surface area contributed by atoms with E-state index in [1.807, 2.05) is 0 Å². The van der Waals surface area contributed by atoms with Crippen molar-refractivity contribution in [2.75, 3.05) is 5.73 Å². The third-order valence-corrected chi connectivity index (χ3v) is 3.60. The van der Waals surface area contributed by atoms with Crippen molar-refractivity contribution in [1.29, 1.82) is 0 Å². The molecule has 4 nitrogen and oxygen atoms in total. The first-order chi connectivity index (χ1) is 9.38. The van der Waals surface area contributed by atoms with Crippen molar-refractivity contribution in [2.24, 2.45) is 0 Å². The zero-order valence-corrected chi connectivity index (χ0v) is 12.3. The van der Waals surface area contributed by atoms with Crippen LogP contribution in [-0.2, 0) is 11.2 Å². The number of carboxylic acids is 1. The molecule has 0 bridgehead atoms. The molecular weight excluding hydrogens is 323 g/mol. The first-order valence-electron chi connectivity index (χ1n) is 5.49. The van der Waals surface area contributed by atoms with Crippen molar-refractivity contribution in [2.45, 2.75) is 6.42 Å². The molecule has 104 valence electrons. The SMILES string of the molecule is Nc1cnc(-c2cc(Cl)cc(Cl)c2Cl)c(CC(=O)O)c1. The van der Waals surface area contributed by atoms with Crippen LogP contribution < -0.4 is 5.73 Å². The van der Waals surface area contributed by atoms with E-state index in [4.69, 9.17) is 45.6 Å². The Bertz CT molecular complexity index is 690. The van der Waals surface area contributed by atoms with Gasteiger partial charge in [0.1, 0.15) is 0 Å². The molecule has 0 saturated heterocycles. The summed E-state index contributed by atoms with van der Waals surface area (Å²) in [6.45, 7) is 0. The van der Waals surface area contributed by atoms with Crippen LogP contribution in [0.5, 0.6) is 0 Å². The monoisotopic (exact) mass is 330 g/mol. The fraction of sp³-hybridized carbons (Fsp3) is 0.0769. The number of hydrogen-bond acceptors (Lipinski definition) is 3. The minimum atomic E-state index is -0.997. The van der Waals surface area contributed by atoms with Crippen molar-refractivity contribution >= 4 is 46.5 Å². The maximum atomic E-state index is 10.9. The molecule has 0 saturated carbocycles. The number of hydrogen-bond donors (Lipinski definition) is 2. The van der Waals surface area contributed by atoms with Crippen LogP contribution >= 0.6 is 34.8 Å². The summed E-state index contributed by atoms with van der Waals surface area (Å²) in [5.41, 5.74) is 7.32. The van der Waals surface area contributed by atoms with Crippen molar-refractivity contribution in [1.82, 2.24) is 4.98 Å². The summed E-state index contributed by atoms with van der Waals surface area (Å²) in [6.07, 6.45) is 1.19. The molecular formula is C13H9Cl3N2O2. The van der Waals surface area contributed by atoms with Gasteiger partial charge in [-0.15, -0.1) is 0 Å². The van der Waals surface area contributed by atoms with Crippen LogP contribution in [0.1, 0.15) is 5.56 Å². The zero-order valence-electron chi connectivity index (χ0n) is 10.0. The number of anilines is 1. The number of nitrogens with two attached hydrogens (primary N) is 1. The normalized spacial score (nSPS) is 10.6. The standard InChI is InChI=1S/C13H9Cl3N2O2/c14-7-3-9(12(16)10(15)4-7)13-6(2-11(19)20)1-8(17)5-18-13/h1,3-5H,2,17H2,(H,19,20). The second-order valence-corrected chi connectivity index (χ2v) is 5.32. The molecule has 0 aliphatic rings. The lowest BCUT2D eigenvalue weighted by molar-refractivity contribution is -0.136. The largest absolute Gasteiger partial charge is 0.481 e. The first-order valence-corrected chi connectivity index (χ1v) is 6.63. The molecule has 0 aliphatic carbocycles. The molecule has 0 spiro atoms. The van der Waals surface area contributed by atoms with Gasteiger partial charge >= 0.3 is 5.97 Å². The van der Waals surface area contributed by atoms with Gasteiger partial charge in [-0.1, -0.05) is 34.8 Å². The van der Waals surface area contributed by atoms with Gasteiger partial charge in [-0.3, -0.25) is 9.78 Å². The highest BCUT2D eigenvalue weighted by Gasteiger charge is 2.16. The molecule has 2 rings (SSSR count). The first kappa shape index (κ1) is 14.9. The lowest BCUT2D eigenvalue weighted by Crippen LogP contribution is -2.04. The van der Waals surface area contributed by atoms with Gasteiger partial charge in [0.15, 0.2) is 0 Å². The van der Waals surface area contributed by atoms with E-state index >= 15 is 0 Å². The Kier molecular flexibility index (Phi) is 4.38. The van der Waals surface area contributed by atoms with E-state index in [0.717, 1.165) is 0 Å². The van der Waals surface area contributed by atoms with Gasteiger partial charge in [-0.25, -0.2) is 0 Å². The summed E-state index contributed by atoms with van der Waals surface area (Å²) < 4.78 is 0. The predicted molar refractivity (Wildman–Crippen MR) is 80.5 cm³/mol. The Morgan fingerprint density at radius 2 is 1.95 bits per heavy atom. The van der Waals surface area contributed by atoms with E-state index in [0.29, 0.717) is 27.5 Å². The molecule has 20 heavy (non-hydrogen) atoms. The number of pyridine rings is 1. The third kappa shape index (κ3) is 3.15. The predicted octanol–water partition coefficient (Wildman–Crippen LogP) is 3.92. The van der Waals surface area contributed by atoms with E-state index in [2.05, 4.69) is 4.98 Å². The number of halogens is 3. The number of nitrogen functional groups attached to an aromatic ring is 1. The van der Waals surface area contributed by atoms with Gasteiger partial charge in [0.25, 0.3) is 0 Å². The highest BCUT2D eigenvalue weighted by Crippen LogP contribution is 2.37. The minimum absolute atomic E-state index is 0.228. The summed E-state index contributed by atoms with van der Waals surface area (Å²) >= 11 is 18.1. The van der Waals surface area contributed by atoms with Crippen LogP contribution in [0.2, 0.25) is 15.1 Å². The summed E-state index contributed by atoms with van der Waals surface area (Å²) in [5.74, 6) is -0.997. The second kappa shape index (κ2) is 5.87. The van der Waals surface area contributed by atoms with Crippen molar-refractivity contribution in [3.8, 4) is 11.3 Å². The number of aliphatic carboxylic acids is 1. The molecule has 1 aromatic heterocycles. The van der Waals surface area contributed by atoms with Crippen LogP contribution in [0.3, 0.4) is 0 Å². The second-order valence-electron chi connectivity index (χ2n) is 4.10. The zero-order chi connectivity index (χ0) is 14.9. The summed E-state index contributed by atoms with van der Waals surface area (Å²) in [4.78, 5) is 15.1. The molecule has 7 heteroatoms. The number of carboxylic acid groups (broad SMARTS) is 1. The third-order valence-electron chi connectivity index (χ3n) is 2.58. The molecule has 1 heterocycles. The van der Waals surface area contributed by atoms with Gasteiger partial charge in [0.2, 0.25) is 0 Å². The van der Waals surface area contributed by atoms with Gasteiger partial charge in [0.05, 0.1) is 34.0 Å². The Balaban J connectivity index is 2.66. The molecule has 0 aliphatic heterocycles. The van der Waals surface area contributed by atoms with Crippen LogP contribution in [0.4, 0.5) is 5.69 Å². The van der Waals surface area contributed by atoms with Crippen molar-refractivity contribution in [3.05, 3.63) is 45.0 Å². The average molecular weight is 332 g/mol. The molecule has 0 radical (unpaired) electrons. The minimum Gasteiger partial charge on any atom is -0.481 e. The Labute approximate surface area is 130 Å². The highest BCUT2D eigenvalue weighted by atomic mass is 35.5. The average Bonchev–Trinajstić information content (AvgIpc) is 2.33. The molecule has 0 amide bonds. The number of aromatic nitrogens is 1. The van der Waals surface area contributed by atoms with Gasteiger partial charge in [-0.2, -0.15) is 0 Å². The van der Waals surface area contributed by atoms with Gasteiger partial charge in [-0.05, 0) is 23.8 Å². The highest BCUT2D eigenvalue weighted by molar-refractivity contribution is 6.45. The van der Waals surface area contributed by atoms with Gasteiger partial charge < -0.3 is 10.8 Å². The van der Waals surface area contributed by atoms with E-state index in [1.54, 1.807) is 12.1 Å². The summed E-state index contributed by atoms with van der Waals surface area (Å²) in [6, 6.07) is 4.63. The van der Waals surface area contributed by atoms with E-state index < -0.39 is 5.97 Å². The molecule has 0 fully saturated rings. The Morgan fingerprint density at radius 1 is 1.25 bits per heavy atom. The number of nitrogens with zero attached hydrogens (tertiary/aromatic N) is 1. The Morgan fingerprint density at radius 3 is 2.60 bits per heavy atom. The smallest absolute Gasteiger partial charge is 0.307 e. The van der Waals surface area contributed by atoms with Gasteiger partial charge in [0, 0.05) is 10.6 Å². The van der Waals surface area contributed by atoms with E-state index in [-0.39, 0.29) is 16.5 Å². The van der Waals surface area contributed by atoms with Crippen LogP contribution in [0.15, 0.2) is 24.4 Å². The number of benzene rings is 1. The fourth-order valence-electron chi connectivity index (χ4n) is 1.80. The fourth-order valence-corrected chi connectivity index (χ4v) is 2.49. The topological polar surface area (TPSA) is 76.2 Å². The maximum Gasteiger partial charge on any atom is 0.307 e. The molecule has 0 atom stereocenters. The van der Waals surface area contributed by atoms with E-state index in [9.17, 15) is 4.79 Å². The van der Waals surface area contributed by atoms with Crippen molar-refractivity contribution in [3.63, 3.8) is 0 Å². The summed E-state index contributed by atoms with van der Waals surface area (Å²) in [7, 11) is 0. The number of carbonyl (C=O) groups is 1. The van der Waals surface area contributed by atoms with Crippen LogP contribution in [0.25, 0.3) is 11.3 Å². The van der Waals surface area contributed by atoms with Crippen LogP contribution in [-0.4, -0.2) is 16.1 Å². The molecule has 3 N–H and O–H groups in total. The maximum absolute atomic E-state index is 10.9. The van der Waals surface area contributed by atoms with E-state index in [1.165, 1.54) is 12.3 Å². The lowest BCUT2D eigenvalue weighted by Gasteiger charge is -2.11. The van der Waals surface area contributed by atoms with Crippen LogP contribution in [0, 0.1) is 0 Å². The molecule has 1 aromatic carbocycles. The quantitative estimate of drug-likeness (QED) is 0.836. The number of rotatable bonds is 3. The summed E-state index contributed by atoms with van der Waals surface area (Å²) in [5, 5.41) is 9.87. The molecule has 2 aromatic rings.